The Hall–Kier alpha value is -3.03. The molecule has 8 heteroatoms. The van der Waals surface area contributed by atoms with Crippen molar-refractivity contribution in [3.05, 3.63) is 88.9 Å². The molecule has 162 valence electrons. The first-order valence-corrected chi connectivity index (χ1v) is 11.4. The molecule has 0 aliphatic heterocycles. The van der Waals surface area contributed by atoms with Crippen molar-refractivity contribution in [2.75, 3.05) is 18.4 Å². The normalized spacial score (nSPS) is 11.1. The van der Waals surface area contributed by atoms with E-state index in [4.69, 9.17) is 16.3 Å². The van der Waals surface area contributed by atoms with Crippen molar-refractivity contribution in [2.45, 2.75) is 18.4 Å². The summed E-state index contributed by atoms with van der Waals surface area (Å²) in [6.45, 7) is 2.07. The van der Waals surface area contributed by atoms with E-state index in [2.05, 4.69) is 4.72 Å². The molecule has 0 heterocycles. The van der Waals surface area contributed by atoms with Gasteiger partial charge < -0.3 is 9.64 Å². The molecule has 1 amide bonds. The van der Waals surface area contributed by atoms with Crippen LogP contribution in [-0.4, -0.2) is 32.9 Å². The number of sulfonamides is 1. The predicted molar refractivity (Wildman–Crippen MR) is 122 cm³/mol. The van der Waals surface area contributed by atoms with Crippen molar-refractivity contribution in [3.63, 3.8) is 0 Å². The largest absolute Gasteiger partial charge is 0.483 e. The summed E-state index contributed by atoms with van der Waals surface area (Å²) in [4.78, 5) is 14.1. The van der Waals surface area contributed by atoms with Gasteiger partial charge in [-0.3, -0.25) is 9.52 Å². The second-order valence-corrected chi connectivity index (χ2v) is 9.18. The van der Waals surface area contributed by atoms with Crippen molar-refractivity contribution >= 4 is 33.2 Å². The minimum atomic E-state index is -3.77. The van der Waals surface area contributed by atoms with E-state index in [9.17, 15) is 13.2 Å². The fourth-order valence-corrected chi connectivity index (χ4v) is 4.15. The third-order valence-corrected chi connectivity index (χ3v) is 6.22. The van der Waals surface area contributed by atoms with Gasteiger partial charge in [0.15, 0.2) is 6.61 Å². The quantitative estimate of drug-likeness (QED) is 0.539. The van der Waals surface area contributed by atoms with E-state index in [0.717, 1.165) is 5.56 Å². The molecule has 1 N–H and O–H groups in total. The lowest BCUT2D eigenvalue weighted by Crippen LogP contribution is -2.31. The van der Waals surface area contributed by atoms with Crippen molar-refractivity contribution in [2.24, 2.45) is 0 Å². The number of rotatable bonds is 8. The van der Waals surface area contributed by atoms with E-state index in [1.807, 2.05) is 30.3 Å². The highest BCUT2D eigenvalue weighted by molar-refractivity contribution is 7.92. The Morgan fingerprint density at radius 2 is 1.71 bits per heavy atom. The van der Waals surface area contributed by atoms with E-state index >= 15 is 0 Å². The lowest BCUT2D eigenvalue weighted by Gasteiger charge is -2.18. The first kappa shape index (κ1) is 22.7. The van der Waals surface area contributed by atoms with Gasteiger partial charge in [-0.25, -0.2) is 8.42 Å². The summed E-state index contributed by atoms with van der Waals surface area (Å²) in [5, 5.41) is 0.518. The Bertz CT molecular complexity index is 1150. The molecule has 0 fully saturated rings. The zero-order valence-corrected chi connectivity index (χ0v) is 18.8. The third-order valence-electron chi connectivity index (χ3n) is 4.59. The number of aryl methyl sites for hydroxylation is 1. The average Bonchev–Trinajstić information content (AvgIpc) is 2.74. The number of ether oxygens (including phenoxy) is 1. The first-order valence-electron chi connectivity index (χ1n) is 9.54. The van der Waals surface area contributed by atoms with E-state index < -0.39 is 10.0 Å². The standard InChI is InChI=1S/C23H23ClN2O4S/c1-17-14-21(31(28,29)25-20-10-8-19(24)9-11-20)12-13-22(17)30-16-23(27)26(2)15-18-6-4-3-5-7-18/h3-14,25H,15-16H2,1-2H3. The smallest absolute Gasteiger partial charge is 0.261 e. The highest BCUT2D eigenvalue weighted by Gasteiger charge is 2.17. The molecule has 0 aliphatic carbocycles. The Morgan fingerprint density at radius 1 is 1.03 bits per heavy atom. The van der Waals surface area contributed by atoms with Gasteiger partial charge in [0, 0.05) is 24.3 Å². The van der Waals surface area contributed by atoms with Crippen LogP contribution >= 0.6 is 11.6 Å². The topological polar surface area (TPSA) is 75.7 Å². The van der Waals surface area contributed by atoms with Crippen LogP contribution in [0.1, 0.15) is 11.1 Å². The minimum Gasteiger partial charge on any atom is -0.483 e. The lowest BCUT2D eigenvalue weighted by atomic mass is 10.2. The molecule has 6 nitrogen and oxygen atoms in total. The van der Waals surface area contributed by atoms with E-state index in [-0.39, 0.29) is 17.4 Å². The highest BCUT2D eigenvalue weighted by Crippen LogP contribution is 2.24. The number of halogens is 1. The lowest BCUT2D eigenvalue weighted by molar-refractivity contribution is -0.132. The maximum atomic E-state index is 12.6. The number of carbonyl (C=O) groups excluding carboxylic acids is 1. The van der Waals surface area contributed by atoms with Gasteiger partial charge in [-0.05, 0) is 60.5 Å². The second kappa shape index (κ2) is 9.85. The van der Waals surface area contributed by atoms with Crippen LogP contribution in [0.5, 0.6) is 5.75 Å². The molecule has 0 bridgehead atoms. The van der Waals surface area contributed by atoms with Crippen LogP contribution in [0.15, 0.2) is 77.7 Å². The first-order chi connectivity index (χ1) is 14.7. The molecule has 0 saturated heterocycles. The van der Waals surface area contributed by atoms with E-state index in [1.54, 1.807) is 49.2 Å². The molecule has 0 radical (unpaired) electrons. The molecule has 0 unspecified atom stereocenters. The van der Waals surface area contributed by atoms with Crippen molar-refractivity contribution in [3.8, 4) is 5.75 Å². The molecule has 3 rings (SSSR count). The number of carbonyl (C=O) groups is 1. The van der Waals surface area contributed by atoms with Gasteiger partial charge >= 0.3 is 0 Å². The molecule has 0 atom stereocenters. The van der Waals surface area contributed by atoms with E-state index in [0.29, 0.717) is 28.6 Å². The van der Waals surface area contributed by atoms with Gasteiger partial charge in [0.05, 0.1) is 4.90 Å². The Morgan fingerprint density at radius 3 is 2.35 bits per heavy atom. The Kier molecular flexibility index (Phi) is 7.20. The van der Waals surface area contributed by atoms with E-state index in [1.165, 1.54) is 12.1 Å². The predicted octanol–water partition coefficient (Wildman–Crippen LogP) is 4.49. The number of hydrogen-bond acceptors (Lipinski definition) is 4. The summed E-state index contributed by atoms with van der Waals surface area (Å²) in [5.41, 5.74) is 2.05. The average molecular weight is 459 g/mol. The number of benzene rings is 3. The van der Waals surface area contributed by atoms with Gasteiger partial charge in [-0.1, -0.05) is 41.9 Å². The maximum absolute atomic E-state index is 12.6. The molecule has 0 saturated carbocycles. The fraction of sp³-hybridized carbons (Fsp3) is 0.174. The SMILES string of the molecule is Cc1cc(S(=O)(=O)Nc2ccc(Cl)cc2)ccc1OCC(=O)N(C)Cc1ccccc1. The summed E-state index contributed by atoms with van der Waals surface area (Å²) in [6.07, 6.45) is 0. The van der Waals surface area contributed by atoms with Crippen LogP contribution in [0.4, 0.5) is 5.69 Å². The van der Waals surface area contributed by atoms with Crippen LogP contribution in [0.2, 0.25) is 5.02 Å². The zero-order chi connectivity index (χ0) is 22.4. The summed E-state index contributed by atoms with van der Waals surface area (Å²) < 4.78 is 33.4. The van der Waals surface area contributed by atoms with Gasteiger partial charge in [0.1, 0.15) is 5.75 Å². The summed E-state index contributed by atoms with van der Waals surface area (Å²) >= 11 is 5.83. The maximum Gasteiger partial charge on any atom is 0.261 e. The van der Waals surface area contributed by atoms with Gasteiger partial charge in [-0.15, -0.1) is 0 Å². The zero-order valence-electron chi connectivity index (χ0n) is 17.2. The monoisotopic (exact) mass is 458 g/mol. The van der Waals surface area contributed by atoms with Crippen molar-refractivity contribution in [1.82, 2.24) is 4.90 Å². The number of likely N-dealkylation sites (N-methyl/N-ethyl adjacent to an activating group) is 1. The van der Waals surface area contributed by atoms with Crippen molar-refractivity contribution in [1.29, 1.82) is 0 Å². The minimum absolute atomic E-state index is 0.0971. The van der Waals surface area contributed by atoms with Crippen LogP contribution in [0.3, 0.4) is 0 Å². The Labute approximate surface area is 187 Å². The Balaban J connectivity index is 1.62. The molecule has 0 aromatic heterocycles. The molecular weight excluding hydrogens is 436 g/mol. The number of nitrogens with zero attached hydrogens (tertiary/aromatic N) is 1. The van der Waals surface area contributed by atoms with Crippen LogP contribution in [-0.2, 0) is 21.4 Å². The summed E-state index contributed by atoms with van der Waals surface area (Å²) in [6, 6.07) is 20.5. The second-order valence-electron chi connectivity index (χ2n) is 7.06. The number of amides is 1. The number of nitrogens with one attached hydrogen (secondary N) is 1. The van der Waals surface area contributed by atoms with Gasteiger partial charge in [0.2, 0.25) is 0 Å². The molecule has 0 spiro atoms. The highest BCUT2D eigenvalue weighted by atomic mass is 35.5. The molecule has 3 aromatic carbocycles. The number of anilines is 1. The third kappa shape index (κ3) is 6.23. The van der Waals surface area contributed by atoms with Gasteiger partial charge in [-0.2, -0.15) is 0 Å². The van der Waals surface area contributed by atoms with Crippen LogP contribution in [0.25, 0.3) is 0 Å². The molecule has 0 aliphatic rings. The summed E-state index contributed by atoms with van der Waals surface area (Å²) in [5.74, 6) is 0.274. The van der Waals surface area contributed by atoms with Crippen LogP contribution < -0.4 is 9.46 Å². The molecule has 3 aromatic rings. The molecule has 31 heavy (non-hydrogen) atoms. The number of hydrogen-bond donors (Lipinski definition) is 1. The fourth-order valence-electron chi connectivity index (χ4n) is 2.88. The van der Waals surface area contributed by atoms with Crippen LogP contribution in [0, 0.1) is 6.92 Å². The summed E-state index contributed by atoms with van der Waals surface area (Å²) in [7, 11) is -2.06. The van der Waals surface area contributed by atoms with Crippen molar-refractivity contribution < 1.29 is 17.9 Å². The van der Waals surface area contributed by atoms with Gasteiger partial charge in [0.25, 0.3) is 15.9 Å². The molecular formula is C23H23ClN2O4S.